The summed E-state index contributed by atoms with van der Waals surface area (Å²) in [5.41, 5.74) is -1.54. The van der Waals surface area contributed by atoms with Gasteiger partial charge in [-0.3, -0.25) is 0 Å². The number of benzene rings is 1. The van der Waals surface area contributed by atoms with E-state index in [1.165, 1.54) is 12.1 Å². The standard InChI is InChI=1S/C23H29F4NO3/c24-20-17(21(29)30)5-6-18(19(20)16-3-4-16)31-13-15-7-11-28(12-8-15)14-22(23(25,26)27)9-1-2-10-22/h5-6,15-16H,1-4,7-14H2,(H,29,30). The number of likely N-dealkylation sites (tertiary alicyclic amines) is 1. The number of carbonyl (C=O) groups is 1. The topological polar surface area (TPSA) is 49.8 Å². The van der Waals surface area contributed by atoms with Crippen LogP contribution < -0.4 is 4.74 Å². The van der Waals surface area contributed by atoms with Gasteiger partial charge in [-0.1, -0.05) is 12.8 Å². The van der Waals surface area contributed by atoms with Gasteiger partial charge in [-0.2, -0.15) is 13.2 Å². The zero-order valence-corrected chi connectivity index (χ0v) is 17.5. The van der Waals surface area contributed by atoms with Gasteiger partial charge in [-0.15, -0.1) is 0 Å². The van der Waals surface area contributed by atoms with Crippen LogP contribution in [0, 0.1) is 17.2 Å². The Morgan fingerprint density at radius 1 is 1.13 bits per heavy atom. The Hall–Kier alpha value is -1.83. The summed E-state index contributed by atoms with van der Waals surface area (Å²) in [5, 5.41) is 9.16. The Bertz CT molecular complexity index is 808. The van der Waals surface area contributed by atoms with Crippen molar-refractivity contribution in [1.29, 1.82) is 0 Å². The predicted octanol–water partition coefficient (Wildman–Crippen LogP) is 5.61. The van der Waals surface area contributed by atoms with Crippen molar-refractivity contribution in [2.24, 2.45) is 11.3 Å². The van der Waals surface area contributed by atoms with Crippen LogP contribution >= 0.6 is 0 Å². The molecule has 1 heterocycles. The van der Waals surface area contributed by atoms with E-state index < -0.39 is 23.4 Å². The molecule has 1 saturated heterocycles. The maximum absolute atomic E-state index is 14.7. The zero-order valence-electron chi connectivity index (χ0n) is 17.5. The van der Waals surface area contributed by atoms with Gasteiger partial charge >= 0.3 is 12.1 Å². The van der Waals surface area contributed by atoms with E-state index in [-0.39, 0.29) is 36.8 Å². The van der Waals surface area contributed by atoms with E-state index in [1.807, 2.05) is 4.90 Å². The number of carboxylic acid groups (broad SMARTS) is 1. The van der Waals surface area contributed by atoms with E-state index in [1.54, 1.807) is 0 Å². The number of hydrogen-bond donors (Lipinski definition) is 1. The number of nitrogens with zero attached hydrogens (tertiary/aromatic N) is 1. The highest BCUT2D eigenvalue weighted by Crippen LogP contribution is 2.51. The zero-order chi connectivity index (χ0) is 22.2. The van der Waals surface area contributed by atoms with Crippen LogP contribution in [0.3, 0.4) is 0 Å². The molecule has 0 amide bonds. The number of alkyl halides is 3. The lowest BCUT2D eigenvalue weighted by Gasteiger charge is -2.40. The first kappa shape index (κ1) is 22.4. The minimum Gasteiger partial charge on any atom is -0.493 e. The third-order valence-electron chi connectivity index (χ3n) is 7.23. The maximum Gasteiger partial charge on any atom is 0.395 e. The third-order valence-corrected chi connectivity index (χ3v) is 7.23. The Balaban J connectivity index is 1.33. The smallest absolute Gasteiger partial charge is 0.395 e. The second-order valence-corrected chi connectivity index (χ2v) is 9.43. The number of halogens is 4. The lowest BCUT2D eigenvalue weighted by molar-refractivity contribution is -0.228. The van der Waals surface area contributed by atoms with E-state index in [0.717, 1.165) is 25.7 Å². The summed E-state index contributed by atoms with van der Waals surface area (Å²) in [6, 6.07) is 2.77. The molecule has 31 heavy (non-hydrogen) atoms. The van der Waals surface area contributed by atoms with Crippen molar-refractivity contribution in [3.63, 3.8) is 0 Å². The number of aromatic carboxylic acids is 1. The van der Waals surface area contributed by atoms with Crippen molar-refractivity contribution in [3.8, 4) is 5.75 Å². The second kappa shape index (κ2) is 8.60. The summed E-state index contributed by atoms with van der Waals surface area (Å²) in [5.74, 6) is -1.42. The van der Waals surface area contributed by atoms with Crippen LogP contribution in [-0.4, -0.2) is 48.4 Å². The van der Waals surface area contributed by atoms with Crippen molar-refractivity contribution in [2.45, 2.75) is 63.5 Å². The summed E-state index contributed by atoms with van der Waals surface area (Å²) in [6.07, 6.45) is 0.683. The Kier molecular flexibility index (Phi) is 6.21. The molecule has 1 aromatic carbocycles. The van der Waals surface area contributed by atoms with Gasteiger partial charge in [0.1, 0.15) is 11.6 Å². The molecule has 2 saturated carbocycles. The Morgan fingerprint density at radius 2 is 1.77 bits per heavy atom. The fourth-order valence-corrected chi connectivity index (χ4v) is 5.15. The third kappa shape index (κ3) is 4.69. The molecule has 0 bridgehead atoms. The molecule has 172 valence electrons. The van der Waals surface area contributed by atoms with Gasteiger partial charge in [-0.25, -0.2) is 9.18 Å². The predicted molar refractivity (Wildman–Crippen MR) is 107 cm³/mol. The van der Waals surface area contributed by atoms with Gasteiger partial charge < -0.3 is 14.7 Å². The molecule has 4 rings (SSSR count). The van der Waals surface area contributed by atoms with Crippen molar-refractivity contribution in [2.75, 3.05) is 26.2 Å². The molecular formula is C23H29F4NO3. The number of hydrogen-bond acceptors (Lipinski definition) is 3. The number of piperidine rings is 1. The minimum atomic E-state index is -4.16. The summed E-state index contributed by atoms with van der Waals surface area (Å²) < 4.78 is 61.5. The molecule has 4 nitrogen and oxygen atoms in total. The summed E-state index contributed by atoms with van der Waals surface area (Å²) >= 11 is 0. The van der Waals surface area contributed by atoms with Crippen molar-refractivity contribution in [3.05, 3.63) is 29.1 Å². The maximum atomic E-state index is 14.7. The van der Waals surface area contributed by atoms with E-state index >= 15 is 0 Å². The monoisotopic (exact) mass is 443 g/mol. The van der Waals surface area contributed by atoms with Crippen molar-refractivity contribution < 1.29 is 32.2 Å². The molecule has 3 aliphatic rings. The Morgan fingerprint density at radius 3 is 2.32 bits per heavy atom. The summed E-state index contributed by atoms with van der Waals surface area (Å²) in [4.78, 5) is 13.2. The van der Waals surface area contributed by atoms with Crippen LogP contribution in [0.2, 0.25) is 0 Å². The van der Waals surface area contributed by atoms with Gasteiger partial charge in [0.15, 0.2) is 0 Å². The van der Waals surface area contributed by atoms with E-state index in [0.29, 0.717) is 43.9 Å². The van der Waals surface area contributed by atoms with Crippen molar-refractivity contribution >= 4 is 5.97 Å². The molecule has 3 fully saturated rings. The van der Waals surface area contributed by atoms with Crippen LogP contribution in [0.1, 0.15) is 73.2 Å². The average molecular weight is 443 g/mol. The molecule has 0 unspecified atom stereocenters. The second-order valence-electron chi connectivity index (χ2n) is 9.43. The molecule has 8 heteroatoms. The van der Waals surface area contributed by atoms with Crippen LogP contribution in [0.4, 0.5) is 17.6 Å². The minimum absolute atomic E-state index is 0.00103. The van der Waals surface area contributed by atoms with Gasteiger partial charge in [0, 0.05) is 12.1 Å². The van der Waals surface area contributed by atoms with Gasteiger partial charge in [0.25, 0.3) is 0 Å². The molecule has 1 aromatic rings. The van der Waals surface area contributed by atoms with Crippen LogP contribution in [0.15, 0.2) is 12.1 Å². The summed E-state index contributed by atoms with van der Waals surface area (Å²) in [7, 11) is 0. The number of rotatable bonds is 7. The highest BCUT2D eigenvalue weighted by atomic mass is 19.4. The van der Waals surface area contributed by atoms with E-state index in [2.05, 4.69) is 0 Å². The largest absolute Gasteiger partial charge is 0.493 e. The molecule has 0 aromatic heterocycles. The van der Waals surface area contributed by atoms with Gasteiger partial charge in [0.05, 0.1) is 17.6 Å². The molecule has 0 spiro atoms. The first-order chi connectivity index (χ1) is 14.7. The van der Waals surface area contributed by atoms with Crippen molar-refractivity contribution in [1.82, 2.24) is 4.90 Å². The molecule has 1 aliphatic heterocycles. The quantitative estimate of drug-likeness (QED) is 0.556. The number of carboxylic acids is 1. The number of ether oxygens (including phenoxy) is 1. The van der Waals surface area contributed by atoms with E-state index in [4.69, 9.17) is 9.84 Å². The van der Waals surface area contributed by atoms with Crippen LogP contribution in [0.5, 0.6) is 5.75 Å². The fraction of sp³-hybridized carbons (Fsp3) is 0.696. The summed E-state index contributed by atoms with van der Waals surface area (Å²) in [6.45, 7) is 1.66. The lowest BCUT2D eigenvalue weighted by atomic mass is 9.83. The Labute approximate surface area is 179 Å². The molecule has 0 radical (unpaired) electrons. The van der Waals surface area contributed by atoms with Gasteiger partial charge in [0.2, 0.25) is 0 Å². The highest BCUT2D eigenvalue weighted by molar-refractivity contribution is 5.88. The van der Waals surface area contributed by atoms with E-state index in [9.17, 15) is 22.4 Å². The van der Waals surface area contributed by atoms with Gasteiger partial charge in [-0.05, 0) is 75.6 Å². The SMILES string of the molecule is O=C(O)c1ccc(OCC2CCN(CC3(C(F)(F)F)CCCC3)CC2)c(C2CC2)c1F. The molecule has 0 atom stereocenters. The van der Waals surface area contributed by atoms with Crippen LogP contribution in [0.25, 0.3) is 0 Å². The fourth-order valence-electron chi connectivity index (χ4n) is 5.15. The first-order valence-electron chi connectivity index (χ1n) is 11.2. The molecule has 1 N–H and O–H groups in total. The normalized spacial score (nSPS) is 22.6. The molecular weight excluding hydrogens is 414 g/mol. The molecule has 2 aliphatic carbocycles. The lowest BCUT2D eigenvalue weighted by Crippen LogP contribution is -2.48. The highest BCUT2D eigenvalue weighted by Gasteiger charge is 2.56. The first-order valence-corrected chi connectivity index (χ1v) is 11.2. The average Bonchev–Trinajstić information content (AvgIpc) is 3.43. The van der Waals surface area contributed by atoms with Crippen LogP contribution in [-0.2, 0) is 0 Å².